The van der Waals surface area contributed by atoms with E-state index in [1.807, 2.05) is 47.4 Å². The molecule has 1 aliphatic rings. The Morgan fingerprint density at radius 1 is 0.944 bits per heavy atom. The molecule has 0 saturated carbocycles. The van der Waals surface area contributed by atoms with Crippen molar-refractivity contribution in [2.24, 2.45) is 0 Å². The monoisotopic (exact) mass is 498 g/mol. The van der Waals surface area contributed by atoms with E-state index in [0.717, 1.165) is 29.4 Å². The highest BCUT2D eigenvalue weighted by Gasteiger charge is 2.24. The maximum atomic E-state index is 13.1. The molecule has 0 unspecified atom stereocenters. The number of amides is 2. The summed E-state index contributed by atoms with van der Waals surface area (Å²) in [6.07, 6.45) is 6.12. The number of piperazine rings is 1. The number of benzene rings is 2. The van der Waals surface area contributed by atoms with Gasteiger partial charge in [-0.2, -0.15) is 5.10 Å². The summed E-state index contributed by atoms with van der Waals surface area (Å²) in [7, 11) is 0. The molecule has 0 aliphatic carbocycles. The van der Waals surface area contributed by atoms with Crippen LogP contribution < -0.4 is 10.2 Å². The van der Waals surface area contributed by atoms with Crippen LogP contribution in [0.15, 0.2) is 83.9 Å². The number of thiazole rings is 1. The van der Waals surface area contributed by atoms with Crippen LogP contribution in [0.2, 0.25) is 0 Å². The van der Waals surface area contributed by atoms with Crippen LogP contribution >= 0.6 is 11.3 Å². The molecule has 1 saturated heterocycles. The second-order valence-electron chi connectivity index (χ2n) is 8.43. The number of nitrogens with one attached hydrogen (secondary N) is 1. The number of hydrogen-bond acceptors (Lipinski definition) is 7. The third kappa shape index (κ3) is 4.34. The number of fused-ring (bicyclic) bond motifs is 1. The van der Waals surface area contributed by atoms with Crippen molar-refractivity contribution in [1.82, 2.24) is 19.7 Å². The van der Waals surface area contributed by atoms with Crippen LogP contribution in [-0.4, -0.2) is 57.7 Å². The van der Waals surface area contributed by atoms with E-state index >= 15 is 0 Å². The number of nitrogens with zero attached hydrogens (tertiary/aromatic N) is 5. The largest absolute Gasteiger partial charge is 0.472 e. The highest BCUT2D eigenvalue weighted by molar-refractivity contribution is 7.22. The zero-order chi connectivity index (χ0) is 24.5. The van der Waals surface area contributed by atoms with Gasteiger partial charge in [0.1, 0.15) is 6.26 Å². The Labute approximate surface area is 210 Å². The van der Waals surface area contributed by atoms with Crippen molar-refractivity contribution in [3.05, 3.63) is 90.6 Å². The number of anilines is 2. The van der Waals surface area contributed by atoms with E-state index in [1.54, 1.807) is 34.5 Å². The normalized spacial score (nSPS) is 13.8. The van der Waals surface area contributed by atoms with Crippen molar-refractivity contribution < 1.29 is 14.0 Å². The van der Waals surface area contributed by atoms with Gasteiger partial charge >= 0.3 is 0 Å². The predicted octanol–water partition coefficient (Wildman–Crippen LogP) is 4.29. The molecule has 180 valence electrons. The van der Waals surface area contributed by atoms with Gasteiger partial charge in [-0.1, -0.05) is 23.5 Å². The van der Waals surface area contributed by atoms with E-state index in [9.17, 15) is 9.59 Å². The number of hydrogen-bond donors (Lipinski definition) is 1. The van der Waals surface area contributed by atoms with Crippen LogP contribution in [0, 0.1) is 0 Å². The molecule has 9 nitrogen and oxygen atoms in total. The van der Waals surface area contributed by atoms with Gasteiger partial charge in [0.05, 0.1) is 45.8 Å². The van der Waals surface area contributed by atoms with Gasteiger partial charge < -0.3 is 19.5 Å². The maximum absolute atomic E-state index is 13.1. The van der Waals surface area contributed by atoms with Crippen LogP contribution in [0.3, 0.4) is 0 Å². The van der Waals surface area contributed by atoms with Gasteiger partial charge in [0, 0.05) is 31.7 Å². The van der Waals surface area contributed by atoms with E-state index in [0.29, 0.717) is 29.9 Å². The Morgan fingerprint density at radius 3 is 2.50 bits per heavy atom. The van der Waals surface area contributed by atoms with E-state index in [4.69, 9.17) is 9.40 Å². The van der Waals surface area contributed by atoms with Gasteiger partial charge in [-0.15, -0.1) is 0 Å². The molecule has 1 fully saturated rings. The zero-order valence-electron chi connectivity index (χ0n) is 19.2. The van der Waals surface area contributed by atoms with E-state index in [-0.39, 0.29) is 11.8 Å². The Kier molecular flexibility index (Phi) is 5.70. The topological polar surface area (TPSA) is 96.5 Å². The molecule has 0 bridgehead atoms. The van der Waals surface area contributed by atoms with Crippen molar-refractivity contribution in [2.75, 3.05) is 36.4 Å². The summed E-state index contributed by atoms with van der Waals surface area (Å²) in [6.45, 7) is 2.80. The molecule has 4 heterocycles. The predicted molar refractivity (Wildman–Crippen MR) is 138 cm³/mol. The molecule has 2 amide bonds. The average Bonchev–Trinajstić information content (AvgIpc) is 3.69. The molecule has 2 aromatic carbocycles. The van der Waals surface area contributed by atoms with E-state index in [2.05, 4.69) is 21.4 Å². The Bertz CT molecular complexity index is 1480. The number of furan rings is 1. The van der Waals surface area contributed by atoms with Gasteiger partial charge in [-0.05, 0) is 42.5 Å². The van der Waals surface area contributed by atoms with Gasteiger partial charge in [-0.25, -0.2) is 9.67 Å². The van der Waals surface area contributed by atoms with Crippen molar-refractivity contribution in [3.63, 3.8) is 0 Å². The summed E-state index contributed by atoms with van der Waals surface area (Å²) in [5.74, 6) is -0.258. The van der Waals surface area contributed by atoms with Crippen LogP contribution in [-0.2, 0) is 0 Å². The molecule has 6 rings (SSSR count). The maximum Gasteiger partial charge on any atom is 0.259 e. The molecule has 5 aromatic rings. The van der Waals surface area contributed by atoms with Crippen molar-refractivity contribution in [3.8, 4) is 5.69 Å². The lowest BCUT2D eigenvalue weighted by molar-refractivity contribution is 0.0746. The molecule has 1 aliphatic heterocycles. The minimum absolute atomic E-state index is 0.0130. The molecule has 0 spiro atoms. The van der Waals surface area contributed by atoms with Crippen molar-refractivity contribution >= 4 is 44.2 Å². The van der Waals surface area contributed by atoms with Crippen molar-refractivity contribution in [2.45, 2.75) is 0 Å². The third-order valence-electron chi connectivity index (χ3n) is 6.12. The van der Waals surface area contributed by atoms with Crippen LogP contribution in [0.4, 0.5) is 10.8 Å². The summed E-state index contributed by atoms with van der Waals surface area (Å²) < 4.78 is 7.77. The van der Waals surface area contributed by atoms with E-state index < -0.39 is 0 Å². The minimum Gasteiger partial charge on any atom is -0.472 e. The number of para-hydroxylation sites is 1. The number of aromatic nitrogens is 3. The molecule has 3 aromatic heterocycles. The van der Waals surface area contributed by atoms with Crippen LogP contribution in [0.25, 0.3) is 15.9 Å². The van der Waals surface area contributed by atoms with Gasteiger partial charge in [0.2, 0.25) is 0 Å². The summed E-state index contributed by atoms with van der Waals surface area (Å²) >= 11 is 1.69. The Morgan fingerprint density at radius 2 is 1.75 bits per heavy atom. The van der Waals surface area contributed by atoms with Crippen LogP contribution in [0.1, 0.15) is 20.7 Å². The Hall–Kier alpha value is -4.44. The second-order valence-corrected chi connectivity index (χ2v) is 9.44. The van der Waals surface area contributed by atoms with Crippen molar-refractivity contribution in [1.29, 1.82) is 0 Å². The number of carbonyl (C=O) groups excluding carboxylic acids is 2. The highest BCUT2D eigenvalue weighted by atomic mass is 32.1. The van der Waals surface area contributed by atoms with Gasteiger partial charge in [-0.3, -0.25) is 9.59 Å². The van der Waals surface area contributed by atoms with Gasteiger partial charge in [0.15, 0.2) is 5.13 Å². The summed E-state index contributed by atoms with van der Waals surface area (Å²) in [5.41, 5.74) is 3.43. The smallest absolute Gasteiger partial charge is 0.259 e. The number of carbonyl (C=O) groups is 2. The second kappa shape index (κ2) is 9.31. The average molecular weight is 499 g/mol. The fourth-order valence-electron chi connectivity index (χ4n) is 4.16. The molecular weight excluding hydrogens is 476 g/mol. The standard InChI is InChI=1S/C26H22N6O3S/c33-24(19-9-14-35-17-19)28-20-15-27-32(16-20)21-7-5-18(6-8-21)25(34)30-10-12-31(13-11-30)26-29-22-3-1-2-4-23(22)36-26/h1-9,14-17H,10-13H2,(H,28,33). The quantitative estimate of drug-likeness (QED) is 0.388. The lowest BCUT2D eigenvalue weighted by Gasteiger charge is -2.34. The lowest BCUT2D eigenvalue weighted by Crippen LogP contribution is -2.48. The highest BCUT2D eigenvalue weighted by Crippen LogP contribution is 2.29. The molecule has 1 N–H and O–H groups in total. The summed E-state index contributed by atoms with van der Waals surface area (Å²) in [6, 6.07) is 17.0. The first-order valence-corrected chi connectivity index (χ1v) is 12.3. The first kappa shape index (κ1) is 22.1. The minimum atomic E-state index is -0.271. The molecule has 0 radical (unpaired) electrons. The lowest BCUT2D eigenvalue weighted by atomic mass is 10.1. The number of rotatable bonds is 5. The molecule has 36 heavy (non-hydrogen) atoms. The molecular formula is C26H22N6O3S. The third-order valence-corrected chi connectivity index (χ3v) is 7.22. The Balaban J connectivity index is 1.07. The first-order chi connectivity index (χ1) is 17.6. The van der Waals surface area contributed by atoms with Crippen LogP contribution in [0.5, 0.6) is 0 Å². The van der Waals surface area contributed by atoms with E-state index in [1.165, 1.54) is 17.2 Å². The summed E-state index contributed by atoms with van der Waals surface area (Å²) in [5, 5.41) is 8.10. The fraction of sp³-hybridized carbons (Fsp3) is 0.154. The zero-order valence-corrected chi connectivity index (χ0v) is 20.0. The first-order valence-electron chi connectivity index (χ1n) is 11.5. The fourth-order valence-corrected chi connectivity index (χ4v) is 5.18. The summed E-state index contributed by atoms with van der Waals surface area (Å²) in [4.78, 5) is 34.1. The SMILES string of the molecule is O=C(Nc1cnn(-c2ccc(C(=O)N3CCN(c4nc5ccccc5s4)CC3)cc2)c1)c1ccoc1. The molecule has 10 heteroatoms. The van der Waals surface area contributed by atoms with Gasteiger partial charge in [0.25, 0.3) is 11.8 Å². The molecule has 0 atom stereocenters.